The highest BCUT2D eigenvalue weighted by atomic mass is 16.5. The fourth-order valence-corrected chi connectivity index (χ4v) is 3.99. The molecule has 0 spiro atoms. The van der Waals surface area contributed by atoms with Gasteiger partial charge in [0.15, 0.2) is 6.10 Å². The molecule has 5 heteroatoms. The normalized spacial score (nSPS) is 31.2. The van der Waals surface area contributed by atoms with Crippen LogP contribution >= 0.6 is 0 Å². The largest absolute Gasteiger partial charge is 0.356 e. The van der Waals surface area contributed by atoms with Crippen LogP contribution in [0.2, 0.25) is 0 Å². The van der Waals surface area contributed by atoms with Crippen LogP contribution in [0.5, 0.6) is 0 Å². The number of amides is 2. The molecule has 2 heterocycles. The Morgan fingerprint density at radius 3 is 2.38 bits per heavy atom. The van der Waals surface area contributed by atoms with E-state index < -0.39 is 6.10 Å². The molecule has 130 valence electrons. The molecule has 0 unspecified atom stereocenters. The van der Waals surface area contributed by atoms with Crippen LogP contribution in [0.4, 0.5) is 0 Å². The zero-order chi connectivity index (χ0) is 17.3. The van der Waals surface area contributed by atoms with Gasteiger partial charge in [-0.05, 0) is 23.8 Å². The van der Waals surface area contributed by atoms with Gasteiger partial charge in [0.2, 0.25) is 5.91 Å². The van der Waals surface area contributed by atoms with Gasteiger partial charge in [0, 0.05) is 20.1 Å². The smallest absolute Gasteiger partial charge is 0.254 e. The summed E-state index contributed by atoms with van der Waals surface area (Å²) in [6, 6.07) is 9.31. The number of carbonyl (C=O) groups excluding carboxylic acids is 2. The molecule has 1 aromatic carbocycles. The maximum absolute atomic E-state index is 13.1. The summed E-state index contributed by atoms with van der Waals surface area (Å²) >= 11 is 0. The minimum absolute atomic E-state index is 0.00148. The number of hydrogen-bond donors (Lipinski definition) is 0. The molecule has 2 aliphatic rings. The molecule has 0 saturated carbocycles. The van der Waals surface area contributed by atoms with E-state index in [4.69, 9.17) is 4.74 Å². The number of hydrogen-bond acceptors (Lipinski definition) is 3. The van der Waals surface area contributed by atoms with Crippen LogP contribution in [0, 0.1) is 11.8 Å². The van der Waals surface area contributed by atoms with Crippen LogP contribution in [0.3, 0.4) is 0 Å². The van der Waals surface area contributed by atoms with Crippen molar-refractivity contribution in [1.29, 1.82) is 0 Å². The lowest BCUT2D eigenvalue weighted by molar-refractivity contribution is -0.168. The number of benzene rings is 1. The number of likely N-dealkylation sites (tertiary alicyclic amines) is 1. The highest BCUT2D eigenvalue weighted by molar-refractivity contribution is 5.86. The van der Waals surface area contributed by atoms with E-state index in [0.29, 0.717) is 11.8 Å². The first kappa shape index (κ1) is 17.0. The minimum atomic E-state index is -0.632. The number of morpholine rings is 1. The number of rotatable bonds is 2. The third kappa shape index (κ3) is 3.31. The second kappa shape index (κ2) is 6.93. The van der Waals surface area contributed by atoms with Crippen LogP contribution in [0.15, 0.2) is 30.3 Å². The van der Waals surface area contributed by atoms with Gasteiger partial charge >= 0.3 is 0 Å². The summed E-state index contributed by atoms with van der Waals surface area (Å²) in [6.45, 7) is 5.86. The molecule has 0 aliphatic carbocycles. The van der Waals surface area contributed by atoms with Crippen molar-refractivity contribution in [1.82, 2.24) is 9.80 Å². The molecule has 2 fully saturated rings. The molecule has 5 nitrogen and oxygen atoms in total. The Kier molecular flexibility index (Phi) is 4.90. The van der Waals surface area contributed by atoms with Crippen molar-refractivity contribution < 1.29 is 14.3 Å². The summed E-state index contributed by atoms with van der Waals surface area (Å²) in [5.74, 6) is 0.904. The van der Waals surface area contributed by atoms with Gasteiger partial charge in [-0.25, -0.2) is 0 Å². The van der Waals surface area contributed by atoms with E-state index >= 15 is 0 Å². The van der Waals surface area contributed by atoms with E-state index in [-0.39, 0.29) is 24.5 Å². The molecule has 3 rings (SSSR count). The molecule has 1 aromatic rings. The number of likely N-dealkylation sites (N-methyl/N-ethyl adjacent to an activating group) is 1. The predicted octanol–water partition coefficient (Wildman–Crippen LogP) is 2.09. The van der Waals surface area contributed by atoms with Gasteiger partial charge in [0.05, 0.1) is 6.04 Å². The van der Waals surface area contributed by atoms with Gasteiger partial charge in [-0.2, -0.15) is 0 Å². The Morgan fingerprint density at radius 2 is 1.75 bits per heavy atom. The van der Waals surface area contributed by atoms with Crippen molar-refractivity contribution in [3.05, 3.63) is 35.9 Å². The lowest BCUT2D eigenvalue weighted by atomic mass is 9.90. The molecule has 2 amide bonds. The Balaban J connectivity index is 1.86. The van der Waals surface area contributed by atoms with E-state index in [2.05, 4.69) is 13.8 Å². The highest BCUT2D eigenvalue weighted by Crippen LogP contribution is 2.31. The van der Waals surface area contributed by atoms with E-state index in [9.17, 15) is 9.59 Å². The Bertz CT molecular complexity index is 594. The number of carbonyl (C=O) groups is 2. The fourth-order valence-electron chi connectivity index (χ4n) is 3.99. The first-order chi connectivity index (χ1) is 11.5. The number of ether oxygens (including phenoxy) is 1. The van der Waals surface area contributed by atoms with E-state index in [0.717, 1.165) is 25.1 Å². The zero-order valence-corrected chi connectivity index (χ0v) is 14.6. The monoisotopic (exact) mass is 330 g/mol. The molecular formula is C19H26N2O3. The average Bonchev–Trinajstić information content (AvgIpc) is 2.56. The van der Waals surface area contributed by atoms with Crippen molar-refractivity contribution in [2.75, 3.05) is 26.7 Å². The lowest BCUT2D eigenvalue weighted by Gasteiger charge is -2.42. The van der Waals surface area contributed by atoms with Gasteiger partial charge in [0.25, 0.3) is 5.91 Å². The second-order valence-electron chi connectivity index (χ2n) is 7.28. The summed E-state index contributed by atoms with van der Waals surface area (Å²) in [5, 5.41) is 0. The zero-order valence-electron chi connectivity index (χ0n) is 14.6. The molecule has 0 aromatic heterocycles. The molecule has 0 N–H and O–H groups in total. The van der Waals surface area contributed by atoms with E-state index in [1.165, 1.54) is 0 Å². The molecular weight excluding hydrogens is 304 g/mol. The van der Waals surface area contributed by atoms with Crippen LogP contribution in [0.1, 0.15) is 31.9 Å². The van der Waals surface area contributed by atoms with Crippen molar-refractivity contribution in [2.45, 2.75) is 32.4 Å². The van der Waals surface area contributed by atoms with Crippen molar-refractivity contribution in [3.8, 4) is 0 Å². The standard InChI is InChI=1S/C19H26N2O3/c1-13-9-14(2)11-21(10-13)19(23)18-17(15-7-5-4-6-8-15)20(3)16(22)12-24-18/h4-8,13-14,17-18H,9-12H2,1-3H3/t13-,14+,17-,18+/m1/s1. The van der Waals surface area contributed by atoms with Gasteiger partial charge in [-0.15, -0.1) is 0 Å². The first-order valence-electron chi connectivity index (χ1n) is 8.68. The van der Waals surface area contributed by atoms with E-state index in [1.807, 2.05) is 35.2 Å². The SMILES string of the molecule is C[C@@H]1C[C@H](C)CN(C(=O)[C@H]2OCC(=O)N(C)[C@@H]2c2ccccc2)C1. The summed E-state index contributed by atoms with van der Waals surface area (Å²) in [6.07, 6.45) is 0.517. The second-order valence-corrected chi connectivity index (χ2v) is 7.28. The number of piperidine rings is 1. The third-order valence-corrected chi connectivity index (χ3v) is 5.05. The van der Waals surface area contributed by atoms with Crippen molar-refractivity contribution in [3.63, 3.8) is 0 Å². The van der Waals surface area contributed by atoms with Crippen LogP contribution in [-0.2, 0) is 14.3 Å². The van der Waals surface area contributed by atoms with Gasteiger partial charge in [-0.1, -0.05) is 44.2 Å². The maximum atomic E-state index is 13.1. The number of nitrogens with zero attached hydrogens (tertiary/aromatic N) is 2. The molecule has 0 bridgehead atoms. The summed E-state index contributed by atoms with van der Waals surface area (Å²) in [7, 11) is 1.75. The minimum Gasteiger partial charge on any atom is -0.356 e. The summed E-state index contributed by atoms with van der Waals surface area (Å²) in [5.41, 5.74) is 0.935. The van der Waals surface area contributed by atoms with Crippen LogP contribution in [0.25, 0.3) is 0 Å². The molecule has 4 atom stereocenters. The molecule has 24 heavy (non-hydrogen) atoms. The predicted molar refractivity (Wildman–Crippen MR) is 91.2 cm³/mol. The average molecular weight is 330 g/mol. The Hall–Kier alpha value is -1.88. The molecule has 2 saturated heterocycles. The maximum Gasteiger partial charge on any atom is 0.254 e. The highest BCUT2D eigenvalue weighted by Gasteiger charge is 2.42. The van der Waals surface area contributed by atoms with Crippen LogP contribution in [-0.4, -0.2) is 54.5 Å². The van der Waals surface area contributed by atoms with Crippen molar-refractivity contribution in [2.24, 2.45) is 11.8 Å². The Morgan fingerprint density at radius 1 is 1.12 bits per heavy atom. The molecule has 2 aliphatic heterocycles. The van der Waals surface area contributed by atoms with Crippen molar-refractivity contribution >= 4 is 11.8 Å². The Labute approximate surface area is 143 Å². The summed E-state index contributed by atoms with van der Waals surface area (Å²) < 4.78 is 5.73. The third-order valence-electron chi connectivity index (χ3n) is 5.05. The quantitative estimate of drug-likeness (QED) is 0.834. The van der Waals surface area contributed by atoms with Gasteiger partial charge < -0.3 is 14.5 Å². The van der Waals surface area contributed by atoms with Crippen LogP contribution < -0.4 is 0 Å². The summed E-state index contributed by atoms with van der Waals surface area (Å²) in [4.78, 5) is 28.8. The van der Waals surface area contributed by atoms with E-state index in [1.54, 1.807) is 11.9 Å². The fraction of sp³-hybridized carbons (Fsp3) is 0.579. The first-order valence-corrected chi connectivity index (χ1v) is 8.68. The van der Waals surface area contributed by atoms with Gasteiger partial charge in [-0.3, -0.25) is 9.59 Å². The lowest BCUT2D eigenvalue weighted by Crippen LogP contribution is -2.55. The topological polar surface area (TPSA) is 49.9 Å². The van der Waals surface area contributed by atoms with Gasteiger partial charge in [0.1, 0.15) is 6.61 Å². The molecule has 0 radical (unpaired) electrons.